The molecule has 2 aromatic heterocycles. The van der Waals surface area contributed by atoms with Crippen molar-refractivity contribution in [3.8, 4) is 0 Å². The zero-order chi connectivity index (χ0) is 19.5. The molecule has 0 saturated carbocycles. The molecular weight excluding hydrogens is 381 g/mol. The van der Waals surface area contributed by atoms with E-state index in [1.54, 1.807) is 42.7 Å². The number of furan rings is 1. The predicted octanol–water partition coefficient (Wildman–Crippen LogP) is 5.29. The van der Waals surface area contributed by atoms with Gasteiger partial charge in [-0.25, -0.2) is 9.37 Å². The minimum atomic E-state index is -0.359. The fourth-order valence-electron chi connectivity index (χ4n) is 2.72. The number of hydrogen-bond acceptors (Lipinski definition) is 4. The number of anilines is 2. The van der Waals surface area contributed by atoms with Crippen LogP contribution in [0.4, 0.5) is 15.9 Å². The lowest BCUT2D eigenvalue weighted by Gasteiger charge is -2.10. The Morgan fingerprint density at radius 2 is 1.82 bits per heavy atom. The number of halogens is 2. The van der Waals surface area contributed by atoms with Gasteiger partial charge in [-0.3, -0.25) is 4.79 Å². The van der Waals surface area contributed by atoms with Crippen molar-refractivity contribution in [1.29, 1.82) is 0 Å². The van der Waals surface area contributed by atoms with Crippen molar-refractivity contribution in [2.24, 2.45) is 0 Å². The standard InChI is InChI=1S/C21H15ClFN3O2/c22-14-3-7-16(8-4-14)25-20-17-9-10-28-19(17)11-18(26-20)21(27)24-12-13-1-5-15(23)6-2-13/h1-11H,12H2,(H,24,27)(H,25,26). The number of nitrogens with one attached hydrogen (secondary N) is 2. The Labute approximate surface area is 165 Å². The molecule has 140 valence electrons. The fraction of sp³-hybridized carbons (Fsp3) is 0.0476. The van der Waals surface area contributed by atoms with Crippen LogP contribution in [0.25, 0.3) is 11.0 Å². The third-order valence-electron chi connectivity index (χ3n) is 4.16. The quantitative estimate of drug-likeness (QED) is 0.481. The number of hydrogen-bond donors (Lipinski definition) is 2. The van der Waals surface area contributed by atoms with Gasteiger partial charge in [0, 0.05) is 23.3 Å². The Hall–Kier alpha value is -3.38. The summed E-state index contributed by atoms with van der Waals surface area (Å²) in [5.41, 5.74) is 2.32. The fourth-order valence-corrected chi connectivity index (χ4v) is 2.85. The Bertz CT molecular complexity index is 1120. The van der Waals surface area contributed by atoms with Gasteiger partial charge in [-0.1, -0.05) is 23.7 Å². The smallest absolute Gasteiger partial charge is 0.270 e. The SMILES string of the molecule is O=C(NCc1ccc(F)cc1)c1cc2occc2c(Nc2ccc(Cl)cc2)n1. The Kier molecular flexibility index (Phi) is 4.95. The maximum Gasteiger partial charge on any atom is 0.270 e. The Balaban J connectivity index is 1.57. The van der Waals surface area contributed by atoms with E-state index >= 15 is 0 Å². The average molecular weight is 396 g/mol. The highest BCUT2D eigenvalue weighted by atomic mass is 35.5. The molecule has 0 fully saturated rings. The molecule has 0 saturated heterocycles. The van der Waals surface area contributed by atoms with Gasteiger partial charge in [0.2, 0.25) is 0 Å². The third-order valence-corrected chi connectivity index (χ3v) is 4.41. The molecule has 1 amide bonds. The molecule has 2 N–H and O–H groups in total. The van der Waals surface area contributed by atoms with Crippen molar-refractivity contribution in [2.75, 3.05) is 5.32 Å². The summed E-state index contributed by atoms with van der Waals surface area (Å²) in [5, 5.41) is 7.34. The average Bonchev–Trinajstić information content (AvgIpc) is 3.18. The molecule has 0 unspecified atom stereocenters. The van der Waals surface area contributed by atoms with E-state index in [9.17, 15) is 9.18 Å². The van der Waals surface area contributed by atoms with Crippen molar-refractivity contribution in [3.63, 3.8) is 0 Å². The van der Waals surface area contributed by atoms with Crippen LogP contribution in [0, 0.1) is 5.82 Å². The lowest BCUT2D eigenvalue weighted by Crippen LogP contribution is -2.24. The van der Waals surface area contributed by atoms with E-state index < -0.39 is 0 Å². The first-order chi connectivity index (χ1) is 13.6. The molecule has 0 atom stereocenters. The minimum absolute atomic E-state index is 0.209. The number of amides is 1. The van der Waals surface area contributed by atoms with Gasteiger partial charge in [-0.15, -0.1) is 0 Å². The highest BCUT2D eigenvalue weighted by Gasteiger charge is 2.14. The molecule has 7 heteroatoms. The maximum atomic E-state index is 13.0. The minimum Gasteiger partial charge on any atom is -0.464 e. The summed E-state index contributed by atoms with van der Waals surface area (Å²) >= 11 is 5.92. The molecule has 4 aromatic rings. The highest BCUT2D eigenvalue weighted by Crippen LogP contribution is 2.27. The molecule has 28 heavy (non-hydrogen) atoms. The summed E-state index contributed by atoms with van der Waals surface area (Å²) in [5.74, 6) is -0.180. The normalized spacial score (nSPS) is 10.8. The largest absolute Gasteiger partial charge is 0.464 e. The number of nitrogens with zero attached hydrogens (tertiary/aromatic N) is 1. The molecule has 0 aliphatic carbocycles. The van der Waals surface area contributed by atoms with Gasteiger partial charge in [0.15, 0.2) is 0 Å². The van der Waals surface area contributed by atoms with Crippen LogP contribution < -0.4 is 10.6 Å². The van der Waals surface area contributed by atoms with Crippen LogP contribution in [0.3, 0.4) is 0 Å². The third kappa shape index (κ3) is 3.97. The molecule has 0 bridgehead atoms. The van der Waals surface area contributed by atoms with E-state index in [1.807, 2.05) is 12.1 Å². The first kappa shape index (κ1) is 18.0. The Morgan fingerprint density at radius 1 is 1.07 bits per heavy atom. The molecule has 2 aromatic carbocycles. The van der Waals surface area contributed by atoms with Crippen molar-refractivity contribution < 1.29 is 13.6 Å². The maximum absolute atomic E-state index is 13.0. The number of carbonyl (C=O) groups excluding carboxylic acids is 1. The first-order valence-electron chi connectivity index (χ1n) is 8.52. The van der Waals surface area contributed by atoms with E-state index in [1.165, 1.54) is 12.1 Å². The van der Waals surface area contributed by atoms with E-state index in [2.05, 4.69) is 15.6 Å². The summed E-state index contributed by atoms with van der Waals surface area (Å²) in [6.45, 7) is 0.261. The lowest BCUT2D eigenvalue weighted by atomic mass is 10.2. The zero-order valence-corrected chi connectivity index (χ0v) is 15.3. The summed E-state index contributed by atoms with van der Waals surface area (Å²) in [7, 11) is 0. The van der Waals surface area contributed by atoms with Crippen LogP contribution in [0.1, 0.15) is 16.1 Å². The highest BCUT2D eigenvalue weighted by molar-refractivity contribution is 6.30. The number of rotatable bonds is 5. The molecule has 0 aliphatic heterocycles. The van der Waals surface area contributed by atoms with E-state index in [0.717, 1.165) is 16.6 Å². The van der Waals surface area contributed by atoms with Gasteiger partial charge in [-0.05, 0) is 48.0 Å². The molecule has 0 aliphatic rings. The van der Waals surface area contributed by atoms with E-state index in [-0.39, 0.29) is 24.0 Å². The summed E-state index contributed by atoms with van der Waals surface area (Å²) in [4.78, 5) is 17.0. The van der Waals surface area contributed by atoms with Gasteiger partial charge >= 0.3 is 0 Å². The van der Waals surface area contributed by atoms with Gasteiger partial charge < -0.3 is 15.1 Å². The molecule has 0 radical (unpaired) electrons. The van der Waals surface area contributed by atoms with Crippen molar-refractivity contribution in [3.05, 3.63) is 89.0 Å². The van der Waals surface area contributed by atoms with Gasteiger partial charge in [0.05, 0.1) is 11.6 Å². The second kappa shape index (κ2) is 7.70. The summed E-state index contributed by atoms with van der Waals surface area (Å²) in [6, 6.07) is 16.5. The van der Waals surface area contributed by atoms with E-state index in [4.69, 9.17) is 16.0 Å². The van der Waals surface area contributed by atoms with Gasteiger partial charge in [-0.2, -0.15) is 0 Å². The zero-order valence-electron chi connectivity index (χ0n) is 14.6. The van der Waals surface area contributed by atoms with Crippen LogP contribution >= 0.6 is 11.6 Å². The monoisotopic (exact) mass is 395 g/mol. The number of benzene rings is 2. The molecular formula is C21H15ClFN3O2. The molecule has 0 spiro atoms. The topological polar surface area (TPSA) is 67.2 Å². The van der Waals surface area contributed by atoms with Crippen LogP contribution in [0.5, 0.6) is 0 Å². The van der Waals surface area contributed by atoms with Crippen LogP contribution in [-0.4, -0.2) is 10.9 Å². The summed E-state index contributed by atoms with van der Waals surface area (Å²) < 4.78 is 18.5. The van der Waals surface area contributed by atoms with Crippen LogP contribution in [0.15, 0.2) is 71.3 Å². The second-order valence-electron chi connectivity index (χ2n) is 6.13. The molecule has 4 rings (SSSR count). The van der Waals surface area contributed by atoms with Crippen molar-refractivity contribution in [1.82, 2.24) is 10.3 Å². The molecule has 2 heterocycles. The number of aromatic nitrogens is 1. The second-order valence-corrected chi connectivity index (χ2v) is 6.57. The lowest BCUT2D eigenvalue weighted by molar-refractivity contribution is 0.0946. The number of fused-ring (bicyclic) bond motifs is 1. The first-order valence-corrected chi connectivity index (χ1v) is 8.90. The molecule has 5 nitrogen and oxygen atoms in total. The van der Waals surface area contributed by atoms with Gasteiger partial charge in [0.25, 0.3) is 5.91 Å². The predicted molar refractivity (Wildman–Crippen MR) is 106 cm³/mol. The number of carbonyl (C=O) groups is 1. The number of pyridine rings is 1. The summed E-state index contributed by atoms with van der Waals surface area (Å²) in [6.07, 6.45) is 1.54. The van der Waals surface area contributed by atoms with Crippen molar-refractivity contribution >= 4 is 40.0 Å². The van der Waals surface area contributed by atoms with Gasteiger partial charge in [0.1, 0.15) is 22.9 Å². The Morgan fingerprint density at radius 3 is 2.57 bits per heavy atom. The van der Waals surface area contributed by atoms with Crippen LogP contribution in [0.2, 0.25) is 5.02 Å². The van der Waals surface area contributed by atoms with E-state index in [0.29, 0.717) is 16.4 Å². The van der Waals surface area contributed by atoms with Crippen molar-refractivity contribution in [2.45, 2.75) is 6.54 Å². The van der Waals surface area contributed by atoms with Crippen LogP contribution in [-0.2, 0) is 6.54 Å².